The van der Waals surface area contributed by atoms with Crippen LogP contribution in [0.4, 0.5) is 4.39 Å². The van der Waals surface area contributed by atoms with E-state index in [1.807, 2.05) is 6.92 Å². The number of nitrogens with one attached hydrogen (secondary N) is 2. The molecule has 134 valence electrons. The molecule has 2 rings (SSSR count). The number of amides is 1. The highest BCUT2D eigenvalue weighted by molar-refractivity contribution is 7.89. The van der Waals surface area contributed by atoms with Crippen molar-refractivity contribution >= 4 is 15.9 Å². The molecular formula is C18H21FN2O3S. The van der Waals surface area contributed by atoms with Crippen molar-refractivity contribution in [1.82, 2.24) is 10.0 Å². The first-order valence-corrected chi connectivity index (χ1v) is 9.53. The van der Waals surface area contributed by atoms with Crippen molar-refractivity contribution < 1.29 is 17.6 Å². The molecule has 0 heterocycles. The summed E-state index contributed by atoms with van der Waals surface area (Å²) in [7, 11) is -3.65. The van der Waals surface area contributed by atoms with E-state index in [2.05, 4.69) is 10.0 Å². The molecule has 0 fully saturated rings. The fourth-order valence-electron chi connectivity index (χ4n) is 2.19. The zero-order valence-corrected chi connectivity index (χ0v) is 14.8. The first-order valence-electron chi connectivity index (χ1n) is 8.05. The molecule has 0 atom stereocenters. The summed E-state index contributed by atoms with van der Waals surface area (Å²) < 4.78 is 39.9. The molecule has 0 saturated carbocycles. The van der Waals surface area contributed by atoms with Crippen LogP contribution in [0.1, 0.15) is 29.3 Å². The van der Waals surface area contributed by atoms with Gasteiger partial charge in [0.15, 0.2) is 0 Å². The fourth-order valence-corrected chi connectivity index (χ4v) is 3.22. The van der Waals surface area contributed by atoms with E-state index in [-0.39, 0.29) is 23.2 Å². The van der Waals surface area contributed by atoms with Crippen molar-refractivity contribution in [3.05, 3.63) is 65.5 Å². The predicted octanol–water partition coefficient (Wildman–Crippen LogP) is 2.49. The summed E-state index contributed by atoms with van der Waals surface area (Å²) in [5.74, 6) is -0.553. The summed E-state index contributed by atoms with van der Waals surface area (Å²) in [6, 6.07) is 11.7. The zero-order chi connectivity index (χ0) is 18.3. The van der Waals surface area contributed by atoms with Gasteiger partial charge in [-0.25, -0.2) is 17.5 Å². The van der Waals surface area contributed by atoms with Crippen LogP contribution in [0.2, 0.25) is 0 Å². The van der Waals surface area contributed by atoms with E-state index >= 15 is 0 Å². The summed E-state index contributed by atoms with van der Waals surface area (Å²) in [5, 5.41) is 2.73. The van der Waals surface area contributed by atoms with Gasteiger partial charge in [-0.15, -0.1) is 0 Å². The molecule has 0 aliphatic rings. The molecule has 0 spiro atoms. The Morgan fingerprint density at radius 2 is 1.64 bits per heavy atom. The van der Waals surface area contributed by atoms with Crippen molar-refractivity contribution in [2.75, 3.05) is 13.1 Å². The molecule has 0 saturated heterocycles. The number of carbonyl (C=O) groups is 1. The van der Waals surface area contributed by atoms with Crippen LogP contribution in [0.5, 0.6) is 0 Å². The second-order valence-electron chi connectivity index (χ2n) is 5.55. The molecule has 7 heteroatoms. The summed E-state index contributed by atoms with van der Waals surface area (Å²) in [6.45, 7) is 2.73. The Kier molecular flexibility index (Phi) is 6.66. The van der Waals surface area contributed by atoms with Gasteiger partial charge in [0.2, 0.25) is 10.0 Å². The van der Waals surface area contributed by atoms with E-state index in [0.29, 0.717) is 18.5 Å². The first-order chi connectivity index (χ1) is 11.9. The maximum absolute atomic E-state index is 12.8. The monoisotopic (exact) mass is 364 g/mol. The molecule has 0 aliphatic heterocycles. The molecule has 2 aromatic rings. The van der Waals surface area contributed by atoms with Crippen LogP contribution >= 0.6 is 0 Å². The molecule has 2 aromatic carbocycles. The van der Waals surface area contributed by atoms with E-state index in [9.17, 15) is 17.6 Å². The van der Waals surface area contributed by atoms with Crippen molar-refractivity contribution in [3.8, 4) is 0 Å². The van der Waals surface area contributed by atoms with E-state index < -0.39 is 10.0 Å². The van der Waals surface area contributed by atoms with Gasteiger partial charge in [-0.05, 0) is 54.8 Å². The molecule has 1 amide bonds. The number of rotatable bonds is 8. The molecule has 2 N–H and O–H groups in total. The lowest BCUT2D eigenvalue weighted by Gasteiger charge is -2.08. The average molecular weight is 364 g/mol. The standard InChI is InChI=1S/C18H21FN2O3S/c1-2-12-20-18(22)15-5-9-17(10-6-15)25(23,24)21-13-11-14-3-7-16(19)8-4-14/h3-10,21H,2,11-13H2,1H3,(H,20,22). The summed E-state index contributed by atoms with van der Waals surface area (Å²) in [4.78, 5) is 11.9. The molecule has 0 aliphatic carbocycles. The molecule has 0 radical (unpaired) electrons. The highest BCUT2D eigenvalue weighted by Crippen LogP contribution is 2.11. The van der Waals surface area contributed by atoms with Gasteiger partial charge in [-0.1, -0.05) is 19.1 Å². The molecule has 0 unspecified atom stereocenters. The minimum Gasteiger partial charge on any atom is -0.352 e. The lowest BCUT2D eigenvalue weighted by molar-refractivity contribution is 0.0953. The van der Waals surface area contributed by atoms with Gasteiger partial charge in [0.1, 0.15) is 5.82 Å². The Morgan fingerprint density at radius 3 is 2.24 bits per heavy atom. The Morgan fingerprint density at radius 1 is 1.00 bits per heavy atom. The smallest absolute Gasteiger partial charge is 0.251 e. The highest BCUT2D eigenvalue weighted by atomic mass is 32.2. The molecule has 25 heavy (non-hydrogen) atoms. The third kappa shape index (κ3) is 5.65. The topological polar surface area (TPSA) is 75.3 Å². The van der Waals surface area contributed by atoms with Gasteiger partial charge in [0.05, 0.1) is 4.90 Å². The quantitative estimate of drug-likeness (QED) is 0.756. The fraction of sp³-hybridized carbons (Fsp3) is 0.278. The van der Waals surface area contributed by atoms with Gasteiger partial charge in [0, 0.05) is 18.7 Å². The van der Waals surface area contributed by atoms with Crippen molar-refractivity contribution in [3.63, 3.8) is 0 Å². The number of halogens is 1. The lowest BCUT2D eigenvalue weighted by Crippen LogP contribution is -2.26. The largest absolute Gasteiger partial charge is 0.352 e. The number of hydrogen-bond donors (Lipinski definition) is 2. The average Bonchev–Trinajstić information content (AvgIpc) is 2.61. The second kappa shape index (κ2) is 8.73. The predicted molar refractivity (Wildman–Crippen MR) is 94.4 cm³/mol. The minimum atomic E-state index is -3.65. The third-order valence-corrected chi connectivity index (χ3v) is 5.06. The van der Waals surface area contributed by atoms with Crippen LogP contribution in [0.25, 0.3) is 0 Å². The van der Waals surface area contributed by atoms with E-state index in [1.54, 1.807) is 12.1 Å². The van der Waals surface area contributed by atoms with Crippen LogP contribution in [-0.2, 0) is 16.4 Å². The van der Waals surface area contributed by atoms with Crippen molar-refractivity contribution in [1.29, 1.82) is 0 Å². The van der Waals surface area contributed by atoms with E-state index in [0.717, 1.165) is 12.0 Å². The van der Waals surface area contributed by atoms with E-state index in [4.69, 9.17) is 0 Å². The van der Waals surface area contributed by atoms with Crippen molar-refractivity contribution in [2.24, 2.45) is 0 Å². The maximum atomic E-state index is 12.8. The van der Waals surface area contributed by atoms with Gasteiger partial charge in [0.25, 0.3) is 5.91 Å². The zero-order valence-electron chi connectivity index (χ0n) is 14.0. The van der Waals surface area contributed by atoms with Gasteiger partial charge in [-0.2, -0.15) is 0 Å². The molecule has 0 aromatic heterocycles. The van der Waals surface area contributed by atoms with Crippen LogP contribution in [0.3, 0.4) is 0 Å². The van der Waals surface area contributed by atoms with Crippen molar-refractivity contribution in [2.45, 2.75) is 24.7 Å². The Labute approximate surface area is 147 Å². The first kappa shape index (κ1) is 19.1. The van der Waals surface area contributed by atoms with Crippen LogP contribution < -0.4 is 10.0 Å². The Hall–Kier alpha value is -2.25. The summed E-state index contributed by atoms with van der Waals surface area (Å²) >= 11 is 0. The Balaban J connectivity index is 1.94. The van der Waals surface area contributed by atoms with Crippen LogP contribution in [-0.4, -0.2) is 27.4 Å². The minimum absolute atomic E-state index is 0.0960. The second-order valence-corrected chi connectivity index (χ2v) is 7.32. The number of hydrogen-bond acceptors (Lipinski definition) is 3. The third-order valence-electron chi connectivity index (χ3n) is 3.58. The summed E-state index contributed by atoms with van der Waals surface area (Å²) in [5.41, 5.74) is 1.26. The van der Waals surface area contributed by atoms with Crippen LogP contribution in [0, 0.1) is 5.82 Å². The normalized spacial score (nSPS) is 11.3. The molecule has 5 nitrogen and oxygen atoms in total. The lowest BCUT2D eigenvalue weighted by atomic mass is 10.1. The maximum Gasteiger partial charge on any atom is 0.251 e. The SMILES string of the molecule is CCCNC(=O)c1ccc(S(=O)(=O)NCCc2ccc(F)cc2)cc1. The molecule has 0 bridgehead atoms. The number of benzene rings is 2. The van der Waals surface area contributed by atoms with Crippen LogP contribution in [0.15, 0.2) is 53.4 Å². The number of sulfonamides is 1. The van der Waals surface area contributed by atoms with Gasteiger partial charge >= 0.3 is 0 Å². The Bertz CT molecular complexity index is 803. The summed E-state index contributed by atoms with van der Waals surface area (Å²) in [6.07, 6.45) is 1.28. The molecular weight excluding hydrogens is 343 g/mol. The highest BCUT2D eigenvalue weighted by Gasteiger charge is 2.14. The van der Waals surface area contributed by atoms with Gasteiger partial charge < -0.3 is 5.32 Å². The number of carbonyl (C=O) groups excluding carboxylic acids is 1. The van der Waals surface area contributed by atoms with E-state index in [1.165, 1.54) is 36.4 Å². The van der Waals surface area contributed by atoms with Gasteiger partial charge in [-0.3, -0.25) is 4.79 Å².